The molecule has 0 saturated heterocycles. The van der Waals surface area contributed by atoms with Gasteiger partial charge >= 0.3 is 5.97 Å². The Morgan fingerprint density at radius 1 is 1.47 bits per heavy atom. The third-order valence-electron chi connectivity index (χ3n) is 2.63. The lowest BCUT2D eigenvalue weighted by molar-refractivity contribution is -0.384. The molecule has 1 aromatic rings. The maximum absolute atomic E-state index is 10.6. The lowest BCUT2D eigenvalue weighted by atomic mass is 10.1. The molecule has 0 aromatic heterocycles. The number of hydrogen-bond donors (Lipinski definition) is 1. The molecule has 1 rings (SSSR count). The van der Waals surface area contributed by atoms with Gasteiger partial charge in [-0.05, 0) is 19.5 Å². The summed E-state index contributed by atoms with van der Waals surface area (Å²) in [6.07, 6.45) is 0. The highest BCUT2D eigenvalue weighted by atomic mass is 16.6. The largest absolute Gasteiger partial charge is 0.480 e. The Kier molecular flexibility index (Phi) is 4.17. The van der Waals surface area contributed by atoms with Crippen molar-refractivity contribution in [2.45, 2.75) is 13.0 Å². The molecular formula is C11H14N2O4. The molecule has 1 aromatic carbocycles. The molecule has 1 atom stereocenters. The summed E-state index contributed by atoms with van der Waals surface area (Å²) >= 11 is 0. The van der Waals surface area contributed by atoms with E-state index in [0.717, 1.165) is 5.56 Å². The molecule has 0 aliphatic heterocycles. The number of carbonyl (C=O) groups is 1. The lowest BCUT2D eigenvalue weighted by Crippen LogP contribution is -2.28. The summed E-state index contributed by atoms with van der Waals surface area (Å²) in [5.41, 5.74) is 0.876. The first-order valence-electron chi connectivity index (χ1n) is 5.08. The average molecular weight is 238 g/mol. The van der Waals surface area contributed by atoms with Gasteiger partial charge in [-0.3, -0.25) is 19.8 Å². The monoisotopic (exact) mass is 238 g/mol. The van der Waals surface area contributed by atoms with Crippen LogP contribution < -0.4 is 0 Å². The van der Waals surface area contributed by atoms with Crippen molar-refractivity contribution in [3.63, 3.8) is 0 Å². The van der Waals surface area contributed by atoms with Gasteiger partial charge in [0.25, 0.3) is 5.69 Å². The predicted octanol–water partition coefficient (Wildman–Crippen LogP) is 1.67. The Hall–Kier alpha value is -1.95. The van der Waals surface area contributed by atoms with Crippen LogP contribution in [0.1, 0.15) is 18.5 Å². The molecule has 6 heteroatoms. The van der Waals surface area contributed by atoms with E-state index in [1.54, 1.807) is 24.1 Å². The third kappa shape index (κ3) is 3.53. The summed E-state index contributed by atoms with van der Waals surface area (Å²) in [6, 6.07) is 6.01. The van der Waals surface area contributed by atoms with E-state index < -0.39 is 10.9 Å². The minimum atomic E-state index is -0.902. The number of likely N-dealkylation sites (N-methyl/N-ethyl adjacent to an activating group) is 1. The normalized spacial score (nSPS) is 12.4. The minimum Gasteiger partial charge on any atom is -0.480 e. The first kappa shape index (κ1) is 13.1. The van der Waals surface area contributed by atoms with Gasteiger partial charge in [0, 0.05) is 18.2 Å². The SMILES string of the molecule is CC(c1ccc([N+](=O)[O-])cc1)N(C)CC(=O)O. The van der Waals surface area contributed by atoms with Gasteiger partial charge in [0.15, 0.2) is 0 Å². The molecule has 0 aliphatic carbocycles. The Morgan fingerprint density at radius 2 is 2.00 bits per heavy atom. The van der Waals surface area contributed by atoms with Gasteiger partial charge in [-0.25, -0.2) is 0 Å². The second kappa shape index (κ2) is 5.40. The summed E-state index contributed by atoms with van der Waals surface area (Å²) in [6.45, 7) is 1.78. The van der Waals surface area contributed by atoms with E-state index in [2.05, 4.69) is 0 Å². The second-order valence-corrected chi connectivity index (χ2v) is 3.83. The minimum absolute atomic E-state index is 0.0295. The zero-order valence-corrected chi connectivity index (χ0v) is 9.66. The number of hydrogen-bond acceptors (Lipinski definition) is 4. The third-order valence-corrected chi connectivity index (χ3v) is 2.63. The molecule has 1 N–H and O–H groups in total. The van der Waals surface area contributed by atoms with Crippen molar-refractivity contribution in [2.24, 2.45) is 0 Å². The topological polar surface area (TPSA) is 83.7 Å². The van der Waals surface area contributed by atoms with Crippen LogP contribution in [0, 0.1) is 10.1 Å². The Balaban J connectivity index is 2.78. The van der Waals surface area contributed by atoms with Crippen molar-refractivity contribution in [3.05, 3.63) is 39.9 Å². The summed E-state index contributed by atoms with van der Waals surface area (Å²) < 4.78 is 0. The van der Waals surface area contributed by atoms with Crippen LogP contribution in [0.5, 0.6) is 0 Å². The maximum Gasteiger partial charge on any atom is 0.317 e. The summed E-state index contributed by atoms with van der Waals surface area (Å²) in [5.74, 6) is -0.902. The molecule has 0 heterocycles. The number of carboxylic acids is 1. The average Bonchev–Trinajstić information content (AvgIpc) is 2.27. The van der Waals surface area contributed by atoms with Crippen molar-refractivity contribution in [1.29, 1.82) is 0 Å². The van der Waals surface area contributed by atoms with E-state index in [-0.39, 0.29) is 18.3 Å². The van der Waals surface area contributed by atoms with E-state index >= 15 is 0 Å². The fraction of sp³-hybridized carbons (Fsp3) is 0.364. The van der Waals surface area contributed by atoms with E-state index in [1.807, 2.05) is 6.92 Å². The van der Waals surface area contributed by atoms with Crippen LogP contribution in [0.4, 0.5) is 5.69 Å². The van der Waals surface area contributed by atoms with E-state index in [9.17, 15) is 14.9 Å². The van der Waals surface area contributed by atoms with Crippen molar-refractivity contribution in [1.82, 2.24) is 4.90 Å². The van der Waals surface area contributed by atoms with Crippen LogP contribution in [0.3, 0.4) is 0 Å². The Morgan fingerprint density at radius 3 is 2.41 bits per heavy atom. The molecule has 0 fully saturated rings. The van der Waals surface area contributed by atoms with Gasteiger partial charge in [0.1, 0.15) is 0 Å². The summed E-state index contributed by atoms with van der Waals surface area (Å²) in [7, 11) is 1.69. The van der Waals surface area contributed by atoms with E-state index in [0.29, 0.717) is 0 Å². The van der Waals surface area contributed by atoms with E-state index in [1.165, 1.54) is 12.1 Å². The zero-order valence-electron chi connectivity index (χ0n) is 9.66. The number of nitro groups is 1. The highest BCUT2D eigenvalue weighted by molar-refractivity contribution is 5.69. The van der Waals surface area contributed by atoms with E-state index in [4.69, 9.17) is 5.11 Å². The maximum atomic E-state index is 10.6. The second-order valence-electron chi connectivity index (χ2n) is 3.83. The number of non-ortho nitro benzene ring substituents is 1. The highest BCUT2D eigenvalue weighted by Gasteiger charge is 2.15. The first-order valence-corrected chi connectivity index (χ1v) is 5.08. The van der Waals surface area contributed by atoms with Crippen LogP contribution in [0.15, 0.2) is 24.3 Å². The first-order chi connectivity index (χ1) is 7.91. The fourth-order valence-electron chi connectivity index (χ4n) is 1.48. The molecule has 92 valence electrons. The quantitative estimate of drug-likeness (QED) is 0.623. The van der Waals surface area contributed by atoms with Crippen molar-refractivity contribution >= 4 is 11.7 Å². The highest BCUT2D eigenvalue weighted by Crippen LogP contribution is 2.21. The predicted molar refractivity (Wildman–Crippen MR) is 61.8 cm³/mol. The molecule has 0 amide bonds. The van der Waals surface area contributed by atoms with Gasteiger partial charge in [0.2, 0.25) is 0 Å². The van der Waals surface area contributed by atoms with Gasteiger partial charge in [-0.2, -0.15) is 0 Å². The van der Waals surface area contributed by atoms with Crippen LogP contribution >= 0.6 is 0 Å². The molecule has 0 bridgehead atoms. The Bertz CT molecular complexity index is 416. The molecule has 1 unspecified atom stereocenters. The van der Waals surface area contributed by atoms with Crippen LogP contribution in [-0.4, -0.2) is 34.5 Å². The van der Waals surface area contributed by atoms with Gasteiger partial charge in [0.05, 0.1) is 11.5 Å². The number of aliphatic carboxylic acids is 1. The van der Waals surface area contributed by atoms with Gasteiger partial charge < -0.3 is 5.11 Å². The Labute approximate surface area is 98.6 Å². The number of benzene rings is 1. The molecular weight excluding hydrogens is 224 g/mol. The summed E-state index contributed by atoms with van der Waals surface area (Å²) in [5, 5.41) is 19.1. The fourth-order valence-corrected chi connectivity index (χ4v) is 1.48. The van der Waals surface area contributed by atoms with Crippen molar-refractivity contribution in [2.75, 3.05) is 13.6 Å². The standard InChI is InChI=1S/C11H14N2O4/c1-8(12(2)7-11(14)15)9-3-5-10(6-4-9)13(16)17/h3-6,8H,7H2,1-2H3,(H,14,15). The lowest BCUT2D eigenvalue weighted by Gasteiger charge is -2.22. The van der Waals surface area contributed by atoms with Gasteiger partial charge in [-0.1, -0.05) is 12.1 Å². The molecule has 0 aliphatic rings. The number of rotatable bonds is 5. The van der Waals surface area contributed by atoms with Crippen molar-refractivity contribution < 1.29 is 14.8 Å². The van der Waals surface area contributed by atoms with Crippen LogP contribution in [0.25, 0.3) is 0 Å². The molecule has 0 spiro atoms. The summed E-state index contributed by atoms with van der Waals surface area (Å²) in [4.78, 5) is 22.2. The van der Waals surface area contributed by atoms with Crippen molar-refractivity contribution in [3.8, 4) is 0 Å². The number of nitrogens with zero attached hydrogens (tertiary/aromatic N) is 2. The molecule has 0 saturated carbocycles. The smallest absolute Gasteiger partial charge is 0.317 e. The van der Waals surface area contributed by atoms with Crippen LogP contribution in [0.2, 0.25) is 0 Å². The van der Waals surface area contributed by atoms with Crippen LogP contribution in [-0.2, 0) is 4.79 Å². The zero-order chi connectivity index (χ0) is 13.0. The molecule has 6 nitrogen and oxygen atoms in total. The number of nitro benzene ring substituents is 1. The molecule has 17 heavy (non-hydrogen) atoms. The molecule has 0 radical (unpaired) electrons. The van der Waals surface area contributed by atoms with Gasteiger partial charge in [-0.15, -0.1) is 0 Å². The number of carboxylic acid groups (broad SMARTS) is 1.